The number of nitrogens with zero attached hydrogens (tertiary/aromatic N) is 1. The van der Waals surface area contributed by atoms with Crippen molar-refractivity contribution in [3.05, 3.63) is 35.6 Å². The minimum Gasteiger partial charge on any atom is -0.497 e. The first-order valence-corrected chi connectivity index (χ1v) is 8.27. The molecule has 1 heterocycles. The average molecular weight is 377 g/mol. The lowest BCUT2D eigenvalue weighted by molar-refractivity contribution is 0.100. The lowest BCUT2D eigenvalue weighted by Gasteiger charge is -2.20. The van der Waals surface area contributed by atoms with Gasteiger partial charge in [0, 0.05) is 36.0 Å². The van der Waals surface area contributed by atoms with E-state index in [4.69, 9.17) is 20.9 Å². The van der Waals surface area contributed by atoms with Crippen LogP contribution in [-0.2, 0) is 0 Å². The second-order valence-corrected chi connectivity index (χ2v) is 6.10. The van der Waals surface area contributed by atoms with Crippen molar-refractivity contribution < 1.29 is 18.7 Å². The fourth-order valence-corrected chi connectivity index (χ4v) is 2.24. The number of nitrogens with two attached hydrogens (primary N) is 2. The molecular formula is C18H24FN5O3. The number of aromatic nitrogens is 1. The van der Waals surface area contributed by atoms with Crippen molar-refractivity contribution in [1.29, 1.82) is 0 Å². The molecule has 0 saturated heterocycles. The summed E-state index contributed by atoms with van der Waals surface area (Å²) >= 11 is 0. The highest BCUT2D eigenvalue weighted by Gasteiger charge is 2.18. The highest BCUT2D eigenvalue weighted by molar-refractivity contribution is 5.98. The van der Waals surface area contributed by atoms with E-state index in [0.29, 0.717) is 17.2 Å². The monoisotopic (exact) mass is 377 g/mol. The maximum atomic E-state index is 14.3. The minimum absolute atomic E-state index is 0.0397. The number of nitrogens with one attached hydrogen (secondary N) is 2. The van der Waals surface area contributed by atoms with Gasteiger partial charge in [0.05, 0.1) is 19.8 Å². The predicted molar refractivity (Wildman–Crippen MR) is 102 cm³/mol. The molecule has 0 aliphatic rings. The number of hydrogen-bond donors (Lipinski definition) is 4. The third-order valence-corrected chi connectivity index (χ3v) is 4.01. The molecule has 0 spiro atoms. The Morgan fingerprint density at radius 2 is 1.70 bits per heavy atom. The van der Waals surface area contributed by atoms with Gasteiger partial charge in [-0.2, -0.15) is 0 Å². The molecule has 0 saturated carbocycles. The highest BCUT2D eigenvalue weighted by Crippen LogP contribution is 2.30. The summed E-state index contributed by atoms with van der Waals surface area (Å²) in [6.07, 6.45) is 0. The van der Waals surface area contributed by atoms with Gasteiger partial charge >= 0.3 is 0 Å². The van der Waals surface area contributed by atoms with Gasteiger partial charge in [-0.1, -0.05) is 0 Å². The zero-order chi connectivity index (χ0) is 20.1. The van der Waals surface area contributed by atoms with Gasteiger partial charge < -0.3 is 31.6 Å². The van der Waals surface area contributed by atoms with Gasteiger partial charge in [-0.3, -0.25) is 4.79 Å². The van der Waals surface area contributed by atoms with Gasteiger partial charge in [-0.05, 0) is 19.9 Å². The molecule has 0 radical (unpaired) electrons. The number of ether oxygens (including phenoxy) is 2. The molecule has 27 heavy (non-hydrogen) atoms. The number of carbonyl (C=O) groups is 1. The molecule has 9 heteroatoms. The minimum atomic E-state index is -0.814. The fourth-order valence-electron chi connectivity index (χ4n) is 2.24. The molecule has 146 valence electrons. The molecule has 2 atom stereocenters. The van der Waals surface area contributed by atoms with Crippen molar-refractivity contribution in [3.8, 4) is 11.5 Å². The zero-order valence-electron chi connectivity index (χ0n) is 15.7. The number of halogens is 1. The normalized spacial score (nSPS) is 12.8. The first-order valence-electron chi connectivity index (χ1n) is 8.27. The third-order valence-electron chi connectivity index (χ3n) is 4.01. The molecule has 8 nitrogen and oxygen atoms in total. The molecule has 0 aliphatic carbocycles. The van der Waals surface area contributed by atoms with E-state index in [0.717, 1.165) is 6.07 Å². The molecule has 1 aromatic carbocycles. The number of methoxy groups -OCH3 is 2. The number of benzene rings is 1. The van der Waals surface area contributed by atoms with Crippen molar-refractivity contribution in [2.45, 2.75) is 25.9 Å². The number of carbonyl (C=O) groups excluding carboxylic acids is 1. The van der Waals surface area contributed by atoms with E-state index < -0.39 is 11.7 Å². The van der Waals surface area contributed by atoms with E-state index in [-0.39, 0.29) is 29.3 Å². The van der Waals surface area contributed by atoms with Crippen LogP contribution in [-0.4, -0.2) is 37.2 Å². The van der Waals surface area contributed by atoms with Crippen molar-refractivity contribution in [2.24, 2.45) is 11.5 Å². The van der Waals surface area contributed by atoms with Gasteiger partial charge in [0.1, 0.15) is 17.3 Å². The van der Waals surface area contributed by atoms with Crippen LogP contribution in [0.15, 0.2) is 24.3 Å². The largest absolute Gasteiger partial charge is 0.497 e. The summed E-state index contributed by atoms with van der Waals surface area (Å²) in [5.74, 6) is -0.400. The molecule has 0 bridgehead atoms. The van der Waals surface area contributed by atoms with Crippen molar-refractivity contribution in [1.82, 2.24) is 4.98 Å². The Morgan fingerprint density at radius 3 is 2.19 bits per heavy atom. The van der Waals surface area contributed by atoms with E-state index >= 15 is 0 Å². The van der Waals surface area contributed by atoms with Crippen molar-refractivity contribution >= 4 is 23.2 Å². The van der Waals surface area contributed by atoms with Gasteiger partial charge in [-0.15, -0.1) is 0 Å². The molecule has 6 N–H and O–H groups in total. The Bertz CT molecular complexity index is 807. The van der Waals surface area contributed by atoms with E-state index in [2.05, 4.69) is 15.6 Å². The van der Waals surface area contributed by atoms with Crippen LogP contribution in [0.3, 0.4) is 0 Å². The van der Waals surface area contributed by atoms with Crippen LogP contribution in [0.25, 0.3) is 0 Å². The van der Waals surface area contributed by atoms with Gasteiger partial charge in [0.25, 0.3) is 5.91 Å². The maximum absolute atomic E-state index is 14.3. The van der Waals surface area contributed by atoms with Crippen LogP contribution >= 0.6 is 0 Å². The Kier molecular flexibility index (Phi) is 6.40. The van der Waals surface area contributed by atoms with Crippen LogP contribution in [0.4, 0.5) is 21.7 Å². The summed E-state index contributed by atoms with van der Waals surface area (Å²) in [5, 5.41) is 5.86. The summed E-state index contributed by atoms with van der Waals surface area (Å²) < 4.78 is 24.8. The molecule has 1 unspecified atom stereocenters. The molecule has 2 aromatic rings. The molecular weight excluding hydrogens is 353 g/mol. The zero-order valence-corrected chi connectivity index (χ0v) is 15.7. The third kappa shape index (κ3) is 4.98. The van der Waals surface area contributed by atoms with Gasteiger partial charge in [0.2, 0.25) is 0 Å². The Hall–Kier alpha value is -3.07. The molecule has 1 aromatic heterocycles. The molecule has 2 rings (SSSR count). The van der Waals surface area contributed by atoms with Gasteiger partial charge in [0.15, 0.2) is 11.6 Å². The fraction of sp³-hybridized carbons (Fsp3) is 0.333. The number of anilines is 3. The lowest BCUT2D eigenvalue weighted by atomic mass is 10.1. The highest BCUT2D eigenvalue weighted by atomic mass is 19.1. The quantitative estimate of drug-likeness (QED) is 0.556. The summed E-state index contributed by atoms with van der Waals surface area (Å²) in [7, 11) is 3.03. The Labute approximate surface area is 157 Å². The summed E-state index contributed by atoms with van der Waals surface area (Å²) in [5.41, 5.74) is 11.6. The topological polar surface area (TPSA) is 125 Å². The Balaban J connectivity index is 2.46. The van der Waals surface area contributed by atoms with E-state index in [9.17, 15) is 9.18 Å². The van der Waals surface area contributed by atoms with Crippen LogP contribution in [0, 0.1) is 5.82 Å². The molecule has 0 fully saturated rings. The van der Waals surface area contributed by atoms with E-state index in [1.54, 1.807) is 32.0 Å². The number of pyridine rings is 1. The lowest BCUT2D eigenvalue weighted by Crippen LogP contribution is -2.35. The van der Waals surface area contributed by atoms with Crippen LogP contribution < -0.4 is 31.6 Å². The molecule has 1 amide bonds. The van der Waals surface area contributed by atoms with E-state index in [1.807, 2.05) is 0 Å². The second kappa shape index (κ2) is 8.54. The summed E-state index contributed by atoms with van der Waals surface area (Å²) in [6, 6.07) is 5.60. The van der Waals surface area contributed by atoms with Crippen molar-refractivity contribution in [3.63, 3.8) is 0 Å². The first kappa shape index (κ1) is 20.2. The SMILES string of the molecule is COc1cc(Nc2nc(NC(C)[C@H](C)N)c(F)cc2C(N)=O)cc(OC)c1. The van der Waals surface area contributed by atoms with Gasteiger partial charge in [-0.25, -0.2) is 9.37 Å². The standard InChI is InChI=1S/C18H24FN5O3/c1-9(20)10(2)22-18-15(19)8-14(16(21)25)17(24-18)23-11-5-12(26-3)7-13(6-11)27-4/h5-10H,20H2,1-4H3,(H2,21,25)(H2,22,23,24)/t9-,10?/m0/s1. The van der Waals surface area contributed by atoms with Crippen LogP contribution in [0.2, 0.25) is 0 Å². The predicted octanol–water partition coefficient (Wildman–Crippen LogP) is 2.23. The molecule has 0 aliphatic heterocycles. The summed E-state index contributed by atoms with van der Waals surface area (Å²) in [4.78, 5) is 15.9. The number of hydrogen-bond acceptors (Lipinski definition) is 7. The average Bonchev–Trinajstić information content (AvgIpc) is 2.63. The van der Waals surface area contributed by atoms with Crippen molar-refractivity contribution in [2.75, 3.05) is 24.9 Å². The summed E-state index contributed by atoms with van der Waals surface area (Å²) in [6.45, 7) is 3.59. The second-order valence-electron chi connectivity index (χ2n) is 6.10. The van der Waals surface area contributed by atoms with Crippen LogP contribution in [0.5, 0.6) is 11.5 Å². The smallest absolute Gasteiger partial charge is 0.252 e. The number of amides is 1. The van der Waals surface area contributed by atoms with Crippen LogP contribution in [0.1, 0.15) is 24.2 Å². The van der Waals surface area contributed by atoms with E-state index in [1.165, 1.54) is 14.2 Å². The number of primary amides is 1. The Morgan fingerprint density at radius 1 is 1.11 bits per heavy atom. The number of rotatable bonds is 8. The first-order chi connectivity index (χ1) is 12.7. The maximum Gasteiger partial charge on any atom is 0.252 e.